The van der Waals surface area contributed by atoms with Crippen molar-refractivity contribution in [1.82, 2.24) is 4.90 Å². The molecule has 2 aromatic carbocycles. The van der Waals surface area contributed by atoms with Gasteiger partial charge in [0.15, 0.2) is 17.7 Å². The largest absolute Gasteiger partial charge is 0.493 e. The number of allylic oxidation sites excluding steroid dienone is 2. The van der Waals surface area contributed by atoms with Gasteiger partial charge in [0.25, 0.3) is 0 Å². The second-order valence-corrected chi connectivity index (χ2v) is 9.11. The van der Waals surface area contributed by atoms with E-state index >= 15 is 4.39 Å². The van der Waals surface area contributed by atoms with Crippen LogP contribution in [0.3, 0.4) is 0 Å². The number of rotatable bonds is 9. The molecule has 0 radical (unpaired) electrons. The fourth-order valence-corrected chi connectivity index (χ4v) is 4.24. The molecule has 1 unspecified atom stereocenters. The molecule has 1 atom stereocenters. The van der Waals surface area contributed by atoms with Crippen LogP contribution < -0.4 is 10.5 Å². The highest BCUT2D eigenvalue weighted by molar-refractivity contribution is 6.18. The Bertz CT molecular complexity index is 1300. The summed E-state index contributed by atoms with van der Waals surface area (Å²) in [5.41, 5.74) is 6.46. The highest BCUT2D eigenvalue weighted by atomic mass is 19.1. The first kappa shape index (κ1) is 26.2. The zero-order valence-corrected chi connectivity index (χ0v) is 21.0. The number of esters is 1. The number of ketones is 1. The van der Waals surface area contributed by atoms with Crippen LogP contribution in [0.2, 0.25) is 0 Å². The Hall–Kier alpha value is -3.85. The maximum absolute atomic E-state index is 16.2. The molecule has 0 saturated heterocycles. The lowest BCUT2D eigenvalue weighted by Crippen LogP contribution is -2.44. The second-order valence-electron chi connectivity index (χ2n) is 9.11. The van der Waals surface area contributed by atoms with Gasteiger partial charge < -0.3 is 20.1 Å². The minimum Gasteiger partial charge on any atom is -0.493 e. The third-order valence-corrected chi connectivity index (χ3v) is 6.01. The summed E-state index contributed by atoms with van der Waals surface area (Å²) in [5.74, 6) is -1.76. The summed E-state index contributed by atoms with van der Waals surface area (Å²) in [7, 11) is 0. The van der Waals surface area contributed by atoms with Gasteiger partial charge in [0.1, 0.15) is 23.1 Å². The van der Waals surface area contributed by atoms with Gasteiger partial charge in [-0.2, -0.15) is 0 Å². The van der Waals surface area contributed by atoms with Crippen molar-refractivity contribution in [3.8, 4) is 5.75 Å². The van der Waals surface area contributed by atoms with Gasteiger partial charge in [-0.15, -0.1) is 0 Å². The Morgan fingerprint density at radius 1 is 1.14 bits per heavy atom. The average Bonchev–Trinajstić information content (AvgIpc) is 3.16. The Morgan fingerprint density at radius 2 is 1.84 bits per heavy atom. The van der Waals surface area contributed by atoms with Crippen molar-refractivity contribution in [2.24, 2.45) is 16.6 Å². The van der Waals surface area contributed by atoms with Crippen molar-refractivity contribution < 1.29 is 27.8 Å². The Kier molecular flexibility index (Phi) is 7.83. The molecule has 7 nitrogen and oxygen atoms in total. The quantitative estimate of drug-likeness (QED) is 0.405. The van der Waals surface area contributed by atoms with E-state index in [1.54, 1.807) is 37.3 Å². The number of halogens is 2. The van der Waals surface area contributed by atoms with E-state index in [0.717, 1.165) is 0 Å². The number of Topliss-reactive ketones (excluding diaryl/α,β-unsaturated/α-hetero) is 1. The summed E-state index contributed by atoms with van der Waals surface area (Å²) < 4.78 is 41.7. The standard InChI is InChI=1S/C28H29F2N3O4/c1-4-36-28(35)25-26(34)20(14-31)27-32-24(17-9-11-19(12-10-17)37-15-16(2)3)23(30)22(33(25)27)13-18-7-5-6-8-21(18)29/h5-12,16,25H,4,13-15,31H2,1-3H3. The zero-order valence-electron chi connectivity index (χ0n) is 21.0. The molecule has 0 fully saturated rings. The lowest BCUT2D eigenvalue weighted by molar-refractivity contribution is -0.150. The van der Waals surface area contributed by atoms with Gasteiger partial charge in [0.05, 0.1) is 24.5 Å². The van der Waals surface area contributed by atoms with Crippen LogP contribution in [0, 0.1) is 11.7 Å². The number of benzene rings is 2. The summed E-state index contributed by atoms with van der Waals surface area (Å²) in [4.78, 5) is 31.7. The van der Waals surface area contributed by atoms with E-state index in [0.29, 0.717) is 23.8 Å². The van der Waals surface area contributed by atoms with Crippen molar-refractivity contribution in [1.29, 1.82) is 0 Å². The lowest BCUT2D eigenvalue weighted by Gasteiger charge is -2.32. The maximum atomic E-state index is 16.2. The summed E-state index contributed by atoms with van der Waals surface area (Å²) in [5, 5.41) is 0. The van der Waals surface area contributed by atoms with Crippen LogP contribution in [-0.2, 0) is 20.7 Å². The van der Waals surface area contributed by atoms with Gasteiger partial charge in [0.2, 0.25) is 0 Å². The minimum atomic E-state index is -1.49. The van der Waals surface area contributed by atoms with E-state index in [-0.39, 0.29) is 47.9 Å². The molecule has 0 spiro atoms. The normalized spacial score (nSPS) is 17.4. The van der Waals surface area contributed by atoms with Crippen LogP contribution >= 0.6 is 0 Å². The molecule has 194 valence electrons. The molecule has 0 aromatic heterocycles. The molecule has 2 N–H and O–H groups in total. The first-order valence-electron chi connectivity index (χ1n) is 12.1. The van der Waals surface area contributed by atoms with Crippen molar-refractivity contribution in [2.45, 2.75) is 33.2 Å². The summed E-state index contributed by atoms with van der Waals surface area (Å²) in [6.45, 7) is 6.01. The molecule has 2 aliphatic heterocycles. The van der Waals surface area contributed by atoms with E-state index in [1.165, 1.54) is 23.1 Å². The monoisotopic (exact) mass is 509 g/mol. The number of fused-ring (bicyclic) bond motifs is 1. The van der Waals surface area contributed by atoms with Gasteiger partial charge in [0, 0.05) is 18.5 Å². The number of nitrogens with zero attached hydrogens (tertiary/aromatic N) is 2. The fourth-order valence-electron chi connectivity index (χ4n) is 4.24. The molecule has 2 aliphatic rings. The van der Waals surface area contributed by atoms with Crippen LogP contribution in [0.4, 0.5) is 8.78 Å². The van der Waals surface area contributed by atoms with Crippen LogP contribution in [0.15, 0.2) is 76.4 Å². The number of hydrogen-bond donors (Lipinski definition) is 1. The molecule has 37 heavy (non-hydrogen) atoms. The van der Waals surface area contributed by atoms with E-state index < -0.39 is 29.4 Å². The van der Waals surface area contributed by atoms with Crippen LogP contribution in [0.5, 0.6) is 5.75 Å². The van der Waals surface area contributed by atoms with Crippen LogP contribution in [0.25, 0.3) is 0 Å². The molecule has 0 aliphatic carbocycles. The number of nitrogens with two attached hydrogens (primary N) is 1. The molecule has 4 rings (SSSR count). The van der Waals surface area contributed by atoms with E-state index in [2.05, 4.69) is 4.99 Å². The molecular weight excluding hydrogens is 480 g/mol. The van der Waals surface area contributed by atoms with Crippen molar-refractivity contribution in [3.63, 3.8) is 0 Å². The van der Waals surface area contributed by atoms with Gasteiger partial charge >= 0.3 is 5.97 Å². The first-order valence-corrected chi connectivity index (χ1v) is 12.1. The van der Waals surface area contributed by atoms with Crippen LogP contribution in [0.1, 0.15) is 31.9 Å². The third kappa shape index (κ3) is 5.17. The first-order chi connectivity index (χ1) is 17.8. The van der Waals surface area contributed by atoms with Crippen molar-refractivity contribution in [2.75, 3.05) is 19.8 Å². The van der Waals surface area contributed by atoms with Crippen molar-refractivity contribution >= 4 is 17.5 Å². The predicted octanol–water partition coefficient (Wildman–Crippen LogP) is 4.07. The summed E-state index contributed by atoms with van der Waals surface area (Å²) >= 11 is 0. The number of carbonyl (C=O) groups excluding carboxylic acids is 2. The molecule has 0 bridgehead atoms. The Labute approximate surface area is 214 Å². The minimum absolute atomic E-state index is 0.0261. The van der Waals surface area contributed by atoms with Crippen LogP contribution in [-0.4, -0.2) is 48.2 Å². The SMILES string of the molecule is CCOC(=O)C1C(=O)C(CN)=C2N=C(c3ccc(OCC(C)C)cc3)C(F)=C(Cc3ccccc3F)N21. The predicted molar refractivity (Wildman–Crippen MR) is 135 cm³/mol. The summed E-state index contributed by atoms with van der Waals surface area (Å²) in [6.07, 6.45) is -0.225. The highest BCUT2D eigenvalue weighted by Crippen LogP contribution is 2.39. The van der Waals surface area contributed by atoms with E-state index in [1.807, 2.05) is 13.8 Å². The Morgan fingerprint density at radius 3 is 2.46 bits per heavy atom. The smallest absolute Gasteiger partial charge is 0.337 e. The second kappa shape index (κ2) is 11.0. The number of carbonyl (C=O) groups is 2. The average molecular weight is 510 g/mol. The zero-order chi connectivity index (χ0) is 26.7. The summed E-state index contributed by atoms with van der Waals surface area (Å²) in [6, 6.07) is 11.2. The van der Waals surface area contributed by atoms with Gasteiger partial charge in [-0.1, -0.05) is 32.0 Å². The van der Waals surface area contributed by atoms with Gasteiger partial charge in [-0.25, -0.2) is 18.6 Å². The van der Waals surface area contributed by atoms with Gasteiger partial charge in [-0.3, -0.25) is 4.79 Å². The topological polar surface area (TPSA) is 94.2 Å². The maximum Gasteiger partial charge on any atom is 0.337 e. The third-order valence-electron chi connectivity index (χ3n) is 6.01. The van der Waals surface area contributed by atoms with Crippen molar-refractivity contribution in [3.05, 3.63) is 88.4 Å². The number of aliphatic imine (C=N–C) groups is 1. The molecule has 0 saturated carbocycles. The van der Waals surface area contributed by atoms with E-state index in [4.69, 9.17) is 15.2 Å². The Balaban J connectivity index is 1.83. The fraction of sp³-hybridized carbons (Fsp3) is 0.321. The molecule has 2 heterocycles. The molecular formula is C28H29F2N3O4. The molecule has 0 amide bonds. The molecule has 2 aromatic rings. The lowest BCUT2D eigenvalue weighted by atomic mass is 10.0. The van der Waals surface area contributed by atoms with Gasteiger partial charge in [-0.05, 0) is 48.7 Å². The highest BCUT2D eigenvalue weighted by Gasteiger charge is 2.49. The van der Waals surface area contributed by atoms with E-state index in [9.17, 15) is 14.0 Å². The number of ether oxygens (including phenoxy) is 2. The number of hydrogen-bond acceptors (Lipinski definition) is 7. The molecule has 9 heteroatoms.